The number of hydrogen-bond acceptors (Lipinski definition) is 1. The molecule has 0 bridgehead atoms. The first-order chi connectivity index (χ1) is 15.9. The largest absolute Gasteiger partial charge is 0.392 e. The summed E-state index contributed by atoms with van der Waals surface area (Å²) in [7, 11) is 0. The summed E-state index contributed by atoms with van der Waals surface area (Å²) in [6, 6.07) is 4.31. The lowest BCUT2D eigenvalue weighted by Gasteiger charge is -2.42. The van der Waals surface area contributed by atoms with Crippen LogP contribution in [0.4, 0.5) is 70.2 Å². The lowest BCUT2D eigenvalue weighted by molar-refractivity contribution is -0.443. The Balaban J connectivity index is 3.51. The van der Waals surface area contributed by atoms with Crippen molar-refractivity contribution in [1.82, 2.24) is 5.32 Å². The first-order valence-electron chi connectivity index (χ1n) is 9.18. The van der Waals surface area contributed by atoms with Crippen molar-refractivity contribution in [2.75, 3.05) is 0 Å². The summed E-state index contributed by atoms with van der Waals surface area (Å²) in [4.78, 5) is 11.6. The highest BCUT2D eigenvalue weighted by Gasteiger charge is 2.94. The number of carbonyl (C=O) groups excluding carboxylic acids is 1. The second-order valence-corrected chi connectivity index (χ2v) is 7.22. The molecule has 1 atom stereocenters. The molecule has 1 aromatic rings. The summed E-state index contributed by atoms with van der Waals surface area (Å²) in [6.07, 6.45) is -6.34. The van der Waals surface area contributed by atoms with Crippen molar-refractivity contribution in [3.8, 4) is 0 Å². The van der Waals surface area contributed by atoms with Crippen LogP contribution in [0.3, 0.4) is 0 Å². The summed E-state index contributed by atoms with van der Waals surface area (Å²) in [6.45, 7) is 1.13. The first kappa shape index (κ1) is 31.6. The number of carbonyl (C=O) groups is 1. The molecule has 0 aliphatic rings. The van der Waals surface area contributed by atoms with E-state index in [2.05, 4.69) is 0 Å². The fraction of sp³-hybridized carbons (Fsp3) is 0.611. The molecule has 0 aromatic heterocycles. The van der Waals surface area contributed by atoms with E-state index in [1.54, 1.807) is 0 Å². The second kappa shape index (κ2) is 9.46. The highest BCUT2D eigenvalue weighted by Crippen LogP contribution is 2.62. The maximum Gasteiger partial charge on any atom is 0.392 e. The molecule has 0 aliphatic carbocycles. The third-order valence-electron chi connectivity index (χ3n) is 4.87. The van der Waals surface area contributed by atoms with Gasteiger partial charge in [-0.3, -0.25) is 4.79 Å². The molecular weight excluding hydrogens is 550 g/mol. The van der Waals surface area contributed by atoms with Crippen molar-refractivity contribution in [2.45, 2.75) is 67.3 Å². The van der Waals surface area contributed by atoms with Gasteiger partial charge in [-0.15, -0.1) is 0 Å². The first-order valence-corrected chi connectivity index (χ1v) is 9.18. The molecule has 2 nitrogen and oxygen atoms in total. The predicted octanol–water partition coefficient (Wildman–Crippen LogP) is 6.97. The van der Waals surface area contributed by atoms with Gasteiger partial charge in [0.05, 0.1) is 6.04 Å². The average Bonchev–Trinajstić information content (AvgIpc) is 2.76. The van der Waals surface area contributed by atoms with E-state index in [0.717, 1.165) is 24.4 Å². The van der Waals surface area contributed by atoms with E-state index < -0.39 is 66.3 Å². The van der Waals surface area contributed by atoms with E-state index in [-0.39, 0.29) is 5.56 Å². The molecule has 0 aliphatic heterocycles. The topological polar surface area (TPSA) is 29.1 Å². The Morgan fingerprint density at radius 3 is 1.47 bits per heavy atom. The van der Waals surface area contributed by atoms with Crippen LogP contribution < -0.4 is 5.32 Å². The summed E-state index contributed by atoms with van der Waals surface area (Å²) in [5.41, 5.74) is -0.120. The molecule has 1 amide bonds. The SMILES string of the molecule is CC[C@@H](NC(=O)C(F)(F)C(F)(F)C(F)(F)C(F)(F)C(F)(F)C(F)(F)C(F)(F)C(F)F)c1ccccc1. The van der Waals surface area contributed by atoms with Crippen molar-refractivity contribution in [2.24, 2.45) is 0 Å². The molecule has 1 aromatic carbocycles. The highest BCUT2D eigenvalue weighted by atomic mass is 19.4. The zero-order valence-corrected chi connectivity index (χ0v) is 17.2. The molecule has 208 valence electrons. The minimum absolute atomic E-state index is 0.120. The Morgan fingerprint density at radius 2 is 1.08 bits per heavy atom. The van der Waals surface area contributed by atoms with Crippen molar-refractivity contribution >= 4 is 5.91 Å². The maximum atomic E-state index is 14.0. The Hall–Kier alpha value is -2.43. The van der Waals surface area contributed by atoms with Gasteiger partial charge in [-0.25, -0.2) is 8.78 Å². The molecule has 18 heteroatoms. The maximum absolute atomic E-state index is 14.0. The molecule has 0 heterocycles. The number of amides is 1. The average molecular weight is 563 g/mol. The van der Waals surface area contributed by atoms with Gasteiger partial charge in [0.15, 0.2) is 0 Å². The van der Waals surface area contributed by atoms with Crippen LogP contribution in [0.1, 0.15) is 24.9 Å². The van der Waals surface area contributed by atoms with Crippen LogP contribution in [-0.2, 0) is 4.79 Å². The Labute approximate surface area is 190 Å². The second-order valence-electron chi connectivity index (χ2n) is 7.22. The summed E-state index contributed by atoms with van der Waals surface area (Å²) in [5, 5.41) is 1.06. The number of halogens is 16. The zero-order valence-electron chi connectivity index (χ0n) is 17.2. The minimum atomic E-state index is -8.54. The van der Waals surface area contributed by atoms with E-state index in [1.807, 2.05) is 0 Å². The smallest absolute Gasteiger partial charge is 0.344 e. The molecular formula is C18H13F16NO. The van der Waals surface area contributed by atoms with Crippen LogP contribution in [-0.4, -0.2) is 53.8 Å². The number of hydrogen-bond donors (Lipinski definition) is 1. The van der Waals surface area contributed by atoms with Crippen LogP contribution in [0.25, 0.3) is 0 Å². The minimum Gasteiger partial charge on any atom is -0.344 e. The number of nitrogens with one attached hydrogen (secondary N) is 1. The molecule has 1 rings (SSSR count). The van der Waals surface area contributed by atoms with Gasteiger partial charge >= 0.3 is 47.9 Å². The molecule has 0 unspecified atom stereocenters. The molecule has 0 radical (unpaired) electrons. The third-order valence-corrected chi connectivity index (χ3v) is 4.87. The third kappa shape index (κ3) is 4.43. The molecule has 36 heavy (non-hydrogen) atoms. The number of alkyl halides is 16. The molecule has 0 fully saturated rings. The summed E-state index contributed by atoms with van der Waals surface area (Å²) < 4.78 is 214. The van der Waals surface area contributed by atoms with Crippen LogP contribution >= 0.6 is 0 Å². The van der Waals surface area contributed by atoms with Gasteiger partial charge in [0.25, 0.3) is 5.91 Å². The van der Waals surface area contributed by atoms with Crippen molar-refractivity contribution < 1.29 is 75.0 Å². The standard InChI is InChI=1S/C18H13F16NO/c1-2-9(8-6-4-3-5-7-8)35-11(36)13(23,24)15(27,28)17(31,32)18(33,34)16(29,30)14(25,26)12(21,22)10(19)20/h3-7,9-10H,2H2,1H3,(H,35,36)/t9-/m1/s1. The summed E-state index contributed by atoms with van der Waals surface area (Å²) in [5.74, 6) is -59.6. The Morgan fingerprint density at radius 1 is 0.694 bits per heavy atom. The Bertz CT molecular complexity index is 915. The van der Waals surface area contributed by atoms with Crippen LogP contribution in [0.5, 0.6) is 0 Å². The normalized spacial score (nSPS) is 15.7. The van der Waals surface area contributed by atoms with E-state index in [9.17, 15) is 75.0 Å². The van der Waals surface area contributed by atoms with Gasteiger partial charge in [0, 0.05) is 0 Å². The van der Waals surface area contributed by atoms with Gasteiger partial charge in [-0.1, -0.05) is 37.3 Å². The zero-order chi connectivity index (χ0) is 28.8. The van der Waals surface area contributed by atoms with Crippen LogP contribution in [0.2, 0.25) is 0 Å². The number of benzene rings is 1. The predicted molar refractivity (Wildman–Crippen MR) is 88.2 cm³/mol. The highest BCUT2D eigenvalue weighted by molar-refractivity contribution is 5.85. The van der Waals surface area contributed by atoms with Gasteiger partial charge in [0.2, 0.25) is 0 Å². The fourth-order valence-corrected chi connectivity index (χ4v) is 2.63. The van der Waals surface area contributed by atoms with E-state index in [1.165, 1.54) is 18.2 Å². The van der Waals surface area contributed by atoms with Crippen LogP contribution in [0, 0.1) is 0 Å². The molecule has 0 saturated carbocycles. The van der Waals surface area contributed by atoms with Gasteiger partial charge in [0.1, 0.15) is 0 Å². The van der Waals surface area contributed by atoms with Crippen LogP contribution in [0.15, 0.2) is 30.3 Å². The van der Waals surface area contributed by atoms with Crippen molar-refractivity contribution in [1.29, 1.82) is 0 Å². The lowest BCUT2D eigenvalue weighted by atomic mass is 9.89. The molecule has 1 N–H and O–H groups in total. The quantitative estimate of drug-likeness (QED) is 0.290. The Kier molecular flexibility index (Phi) is 8.31. The molecule has 0 spiro atoms. The van der Waals surface area contributed by atoms with Gasteiger partial charge in [-0.05, 0) is 12.0 Å². The number of rotatable bonds is 11. The van der Waals surface area contributed by atoms with Crippen molar-refractivity contribution in [3.05, 3.63) is 35.9 Å². The fourth-order valence-electron chi connectivity index (χ4n) is 2.63. The van der Waals surface area contributed by atoms with Gasteiger partial charge < -0.3 is 5.32 Å². The van der Waals surface area contributed by atoms with Crippen molar-refractivity contribution in [3.63, 3.8) is 0 Å². The van der Waals surface area contributed by atoms with E-state index >= 15 is 0 Å². The lowest BCUT2D eigenvalue weighted by Crippen LogP contribution is -2.74. The summed E-state index contributed by atoms with van der Waals surface area (Å²) >= 11 is 0. The van der Waals surface area contributed by atoms with E-state index in [4.69, 9.17) is 0 Å². The van der Waals surface area contributed by atoms with Gasteiger partial charge in [-0.2, -0.15) is 61.5 Å². The monoisotopic (exact) mass is 563 g/mol. The molecule has 0 saturated heterocycles. The van der Waals surface area contributed by atoms with E-state index in [0.29, 0.717) is 0 Å².